The number of rotatable bonds is 6. The van der Waals surface area contributed by atoms with Crippen LogP contribution >= 0.6 is 0 Å². The summed E-state index contributed by atoms with van der Waals surface area (Å²) in [5, 5.41) is 12.7. The molecule has 2 aromatic rings. The quantitative estimate of drug-likeness (QED) is 0.530. The van der Waals surface area contributed by atoms with E-state index in [1.807, 2.05) is 0 Å². The third-order valence-corrected chi connectivity index (χ3v) is 2.74. The predicted molar refractivity (Wildman–Crippen MR) is 83.5 cm³/mol. The first-order chi connectivity index (χ1) is 11.4. The van der Waals surface area contributed by atoms with Gasteiger partial charge < -0.3 is 0 Å². The van der Waals surface area contributed by atoms with Crippen LogP contribution < -0.4 is 16.3 Å². The summed E-state index contributed by atoms with van der Waals surface area (Å²) in [7, 11) is 3.27. The Balaban J connectivity index is 2.18. The van der Waals surface area contributed by atoms with Crippen LogP contribution in [0.5, 0.6) is 0 Å². The van der Waals surface area contributed by atoms with Crippen LogP contribution in [0, 0.1) is 15.9 Å². The van der Waals surface area contributed by atoms with E-state index >= 15 is 0 Å². The number of nitrogens with one attached hydrogen (secondary N) is 3. The van der Waals surface area contributed by atoms with E-state index in [0.29, 0.717) is 0 Å². The van der Waals surface area contributed by atoms with Gasteiger partial charge in [-0.1, -0.05) is 0 Å². The van der Waals surface area contributed by atoms with Gasteiger partial charge >= 0.3 is 5.69 Å². The van der Waals surface area contributed by atoms with Gasteiger partial charge in [-0.2, -0.15) is 0 Å². The molecule has 0 aliphatic carbocycles. The molecule has 24 heavy (non-hydrogen) atoms. The molecule has 3 N–H and O–H groups in total. The van der Waals surface area contributed by atoms with Gasteiger partial charge in [0, 0.05) is 19.7 Å². The van der Waals surface area contributed by atoms with Gasteiger partial charge in [0.25, 0.3) is 5.91 Å². The molecule has 0 saturated carbocycles. The van der Waals surface area contributed by atoms with Crippen molar-refractivity contribution in [3.05, 3.63) is 52.1 Å². The highest BCUT2D eigenvalue weighted by Crippen LogP contribution is 2.28. The van der Waals surface area contributed by atoms with Crippen molar-refractivity contribution in [2.45, 2.75) is 0 Å². The Morgan fingerprint density at radius 1 is 1.21 bits per heavy atom. The summed E-state index contributed by atoms with van der Waals surface area (Å²) in [5.74, 6) is -1.33. The second-order valence-electron chi connectivity index (χ2n) is 4.77. The minimum absolute atomic E-state index is 0.0430. The fourth-order valence-electron chi connectivity index (χ4n) is 1.73. The van der Waals surface area contributed by atoms with E-state index in [1.54, 1.807) is 14.1 Å². The number of nitrogens with zero attached hydrogens (tertiary/aromatic N) is 4. The monoisotopic (exact) mass is 335 g/mol. The van der Waals surface area contributed by atoms with Crippen molar-refractivity contribution < 1.29 is 14.1 Å². The molecule has 10 nitrogen and oxygen atoms in total. The van der Waals surface area contributed by atoms with Gasteiger partial charge in [-0.05, 0) is 24.3 Å². The van der Waals surface area contributed by atoms with Crippen LogP contribution in [0.1, 0.15) is 10.4 Å². The van der Waals surface area contributed by atoms with E-state index in [2.05, 4.69) is 26.2 Å². The van der Waals surface area contributed by atoms with Gasteiger partial charge in [-0.15, -0.1) is 0 Å². The predicted octanol–water partition coefficient (Wildman–Crippen LogP) is 1.17. The summed E-state index contributed by atoms with van der Waals surface area (Å²) >= 11 is 0. The second-order valence-corrected chi connectivity index (χ2v) is 4.77. The molecule has 0 spiro atoms. The summed E-state index contributed by atoms with van der Waals surface area (Å²) in [4.78, 5) is 30.1. The zero-order chi connectivity index (χ0) is 17.7. The largest absolute Gasteiger partial charge is 0.356 e. The van der Waals surface area contributed by atoms with Crippen LogP contribution in [0.15, 0.2) is 30.6 Å². The lowest BCUT2D eigenvalue weighted by Crippen LogP contribution is -2.30. The molecule has 1 heterocycles. The number of hydrogen-bond donors (Lipinski definition) is 3. The fourth-order valence-corrected chi connectivity index (χ4v) is 1.73. The molecule has 1 amide bonds. The Labute approximate surface area is 135 Å². The number of carbonyl (C=O) groups is 1. The van der Waals surface area contributed by atoms with Crippen LogP contribution in [-0.4, -0.2) is 39.9 Å². The first-order valence-corrected chi connectivity index (χ1v) is 6.63. The van der Waals surface area contributed by atoms with E-state index in [4.69, 9.17) is 0 Å². The molecule has 0 unspecified atom stereocenters. The van der Waals surface area contributed by atoms with Gasteiger partial charge in [-0.25, -0.2) is 19.4 Å². The second kappa shape index (κ2) is 7.28. The molecule has 0 saturated heterocycles. The molecular weight excluding hydrogens is 321 g/mol. The van der Waals surface area contributed by atoms with Crippen molar-refractivity contribution in [1.82, 2.24) is 20.4 Å². The first kappa shape index (κ1) is 17.0. The van der Waals surface area contributed by atoms with E-state index in [9.17, 15) is 19.3 Å². The van der Waals surface area contributed by atoms with E-state index in [1.165, 1.54) is 17.1 Å². The van der Waals surface area contributed by atoms with E-state index in [-0.39, 0.29) is 17.2 Å². The Morgan fingerprint density at radius 3 is 2.42 bits per heavy atom. The molecule has 1 aromatic carbocycles. The molecule has 0 bridgehead atoms. The lowest BCUT2D eigenvalue weighted by molar-refractivity contribution is -0.383. The van der Waals surface area contributed by atoms with Crippen molar-refractivity contribution in [2.24, 2.45) is 0 Å². The maximum Gasteiger partial charge on any atom is 0.356 e. The number of aromatic nitrogens is 2. The van der Waals surface area contributed by atoms with Gasteiger partial charge in [0.05, 0.1) is 4.92 Å². The van der Waals surface area contributed by atoms with Crippen LogP contribution in [0.4, 0.5) is 21.7 Å². The molecule has 1 aromatic heterocycles. The number of hydrazine groups is 2. The summed E-state index contributed by atoms with van der Waals surface area (Å²) < 4.78 is 12.8. The SMILES string of the molecule is CN(C)Nc1ncnc(NNC(=O)c2ccc(F)cc2)c1[N+](=O)[O-]. The highest BCUT2D eigenvalue weighted by atomic mass is 19.1. The Bertz CT molecular complexity index is 752. The summed E-state index contributed by atoms with van der Waals surface area (Å²) in [5.41, 5.74) is 7.04. The highest BCUT2D eigenvalue weighted by Gasteiger charge is 2.23. The molecule has 11 heteroatoms. The van der Waals surface area contributed by atoms with Gasteiger partial charge in [0.2, 0.25) is 11.6 Å². The van der Waals surface area contributed by atoms with Gasteiger partial charge in [-0.3, -0.25) is 31.2 Å². The molecule has 0 atom stereocenters. The van der Waals surface area contributed by atoms with Gasteiger partial charge in [0.15, 0.2) is 0 Å². The molecule has 2 rings (SSSR count). The van der Waals surface area contributed by atoms with E-state index < -0.39 is 22.3 Å². The minimum atomic E-state index is -0.682. The third-order valence-electron chi connectivity index (χ3n) is 2.74. The molecule has 0 radical (unpaired) electrons. The van der Waals surface area contributed by atoms with Crippen LogP contribution in [0.2, 0.25) is 0 Å². The molecule has 0 aliphatic rings. The standard InChI is InChI=1S/C13H14FN7O3/c1-20(2)19-12-10(21(23)24)11(15-7-16-12)17-18-13(22)8-3-5-9(14)6-4-8/h3-7H,1-2H3,(H,18,22)(H2,15,16,17,19). The number of anilines is 2. The highest BCUT2D eigenvalue weighted by molar-refractivity contribution is 5.95. The Kier molecular flexibility index (Phi) is 5.16. The number of halogens is 1. The average molecular weight is 335 g/mol. The zero-order valence-electron chi connectivity index (χ0n) is 12.8. The number of amides is 1. The first-order valence-electron chi connectivity index (χ1n) is 6.63. The molecular formula is C13H14FN7O3. The van der Waals surface area contributed by atoms with Crippen LogP contribution in [0.25, 0.3) is 0 Å². The minimum Gasteiger partial charge on any atom is -0.298 e. The van der Waals surface area contributed by atoms with Gasteiger partial charge in [0.1, 0.15) is 12.1 Å². The number of nitro groups is 1. The Morgan fingerprint density at radius 2 is 1.83 bits per heavy atom. The smallest absolute Gasteiger partial charge is 0.298 e. The lowest BCUT2D eigenvalue weighted by atomic mass is 10.2. The number of benzene rings is 1. The molecule has 0 fully saturated rings. The van der Waals surface area contributed by atoms with Crippen molar-refractivity contribution in [1.29, 1.82) is 0 Å². The average Bonchev–Trinajstić information content (AvgIpc) is 2.52. The topological polar surface area (TPSA) is 125 Å². The molecule has 0 aliphatic heterocycles. The number of hydrogen-bond acceptors (Lipinski definition) is 8. The summed E-state index contributed by atoms with van der Waals surface area (Å²) in [6.45, 7) is 0. The van der Waals surface area contributed by atoms with Crippen molar-refractivity contribution in [3.63, 3.8) is 0 Å². The van der Waals surface area contributed by atoms with E-state index in [0.717, 1.165) is 18.5 Å². The zero-order valence-corrected chi connectivity index (χ0v) is 12.8. The Hall–Kier alpha value is -3.34. The lowest BCUT2D eigenvalue weighted by Gasteiger charge is -2.14. The van der Waals surface area contributed by atoms with Crippen LogP contribution in [-0.2, 0) is 0 Å². The van der Waals surface area contributed by atoms with Crippen molar-refractivity contribution in [2.75, 3.05) is 24.9 Å². The van der Waals surface area contributed by atoms with Crippen molar-refractivity contribution >= 4 is 23.2 Å². The fraction of sp³-hybridized carbons (Fsp3) is 0.154. The maximum atomic E-state index is 12.8. The van der Waals surface area contributed by atoms with Crippen LogP contribution in [0.3, 0.4) is 0 Å². The molecule has 126 valence electrons. The maximum absolute atomic E-state index is 12.8. The summed E-state index contributed by atoms with van der Waals surface area (Å²) in [6.07, 6.45) is 1.10. The third kappa shape index (κ3) is 4.10. The summed E-state index contributed by atoms with van der Waals surface area (Å²) in [6, 6.07) is 4.81. The normalized spacial score (nSPS) is 10.3. The van der Waals surface area contributed by atoms with Crippen molar-refractivity contribution in [3.8, 4) is 0 Å². The number of carbonyl (C=O) groups excluding carboxylic acids is 1.